The summed E-state index contributed by atoms with van der Waals surface area (Å²) in [6, 6.07) is 10.2. The number of carbonyl (C=O) groups is 1. The number of aromatic nitrogens is 4. The van der Waals surface area contributed by atoms with E-state index in [4.69, 9.17) is 15.1 Å². The van der Waals surface area contributed by atoms with E-state index in [2.05, 4.69) is 17.0 Å². The van der Waals surface area contributed by atoms with Gasteiger partial charge in [-0.2, -0.15) is 5.10 Å². The summed E-state index contributed by atoms with van der Waals surface area (Å²) in [5.74, 6) is 2.58. The van der Waals surface area contributed by atoms with Crippen LogP contribution in [-0.4, -0.2) is 56.7 Å². The molecular formula is C22H26N6O. The van der Waals surface area contributed by atoms with E-state index in [1.54, 1.807) is 0 Å². The molecule has 2 aliphatic rings. The monoisotopic (exact) mass is 390 g/mol. The van der Waals surface area contributed by atoms with Gasteiger partial charge in [-0.1, -0.05) is 25.1 Å². The molecular weight excluding hydrogens is 364 g/mol. The minimum atomic E-state index is 0.226. The third-order valence-corrected chi connectivity index (χ3v) is 5.88. The van der Waals surface area contributed by atoms with Crippen molar-refractivity contribution in [3.8, 4) is 5.69 Å². The summed E-state index contributed by atoms with van der Waals surface area (Å²) in [6.07, 6.45) is 2.87. The van der Waals surface area contributed by atoms with Crippen molar-refractivity contribution < 1.29 is 4.79 Å². The summed E-state index contributed by atoms with van der Waals surface area (Å²) < 4.78 is 1.94. The summed E-state index contributed by atoms with van der Waals surface area (Å²) in [5, 5.41) is 5.84. The Bertz CT molecular complexity index is 1050. The molecule has 1 aliphatic carbocycles. The van der Waals surface area contributed by atoms with Crippen LogP contribution in [0.3, 0.4) is 0 Å². The van der Waals surface area contributed by atoms with E-state index in [9.17, 15) is 4.79 Å². The van der Waals surface area contributed by atoms with Gasteiger partial charge in [-0.25, -0.2) is 14.6 Å². The number of aryl methyl sites for hydroxylation is 1. The normalized spacial score (nSPS) is 17.2. The van der Waals surface area contributed by atoms with E-state index in [-0.39, 0.29) is 5.91 Å². The molecule has 2 fully saturated rings. The quantitative estimate of drug-likeness (QED) is 0.685. The Morgan fingerprint density at radius 3 is 2.45 bits per heavy atom. The second kappa shape index (κ2) is 7.13. The second-order valence-electron chi connectivity index (χ2n) is 7.93. The first kappa shape index (κ1) is 18.1. The molecule has 0 bridgehead atoms. The van der Waals surface area contributed by atoms with Crippen molar-refractivity contribution in [3.05, 3.63) is 41.9 Å². The van der Waals surface area contributed by atoms with Crippen LogP contribution in [0.5, 0.6) is 0 Å². The molecule has 7 nitrogen and oxygen atoms in total. The van der Waals surface area contributed by atoms with Gasteiger partial charge in [0.1, 0.15) is 11.6 Å². The Balaban J connectivity index is 1.58. The minimum Gasteiger partial charge on any atom is -0.352 e. The molecule has 1 saturated heterocycles. The fourth-order valence-corrected chi connectivity index (χ4v) is 4.07. The van der Waals surface area contributed by atoms with Crippen LogP contribution in [0.15, 0.2) is 30.3 Å². The molecule has 0 radical (unpaired) electrons. The van der Waals surface area contributed by atoms with E-state index < -0.39 is 0 Å². The number of piperazine rings is 1. The average molecular weight is 390 g/mol. The van der Waals surface area contributed by atoms with Crippen molar-refractivity contribution in [3.63, 3.8) is 0 Å². The Hall–Kier alpha value is -2.96. The lowest BCUT2D eigenvalue weighted by molar-refractivity contribution is -0.131. The molecule has 1 aromatic carbocycles. The van der Waals surface area contributed by atoms with Gasteiger partial charge in [0.15, 0.2) is 5.65 Å². The minimum absolute atomic E-state index is 0.226. The number of carbonyl (C=O) groups excluding carboxylic acids is 1. The predicted octanol–water partition coefficient (Wildman–Crippen LogP) is 3.06. The van der Waals surface area contributed by atoms with Crippen molar-refractivity contribution in [2.45, 2.75) is 39.0 Å². The standard InChI is InChI=1S/C22H26N6O/c1-3-18(29)26-11-13-27(14-12-26)21-19-15(2)25-28(17-7-5-4-6-8-17)22(19)24-20(23-21)16-9-10-16/h4-8,16H,3,9-14H2,1-2H3. The van der Waals surface area contributed by atoms with Gasteiger partial charge in [-0.15, -0.1) is 0 Å². The van der Waals surface area contributed by atoms with Crippen molar-refractivity contribution >= 4 is 22.8 Å². The molecule has 1 aliphatic heterocycles. The fourth-order valence-electron chi connectivity index (χ4n) is 4.07. The molecule has 5 rings (SSSR count). The lowest BCUT2D eigenvalue weighted by atomic mass is 10.2. The zero-order valence-electron chi connectivity index (χ0n) is 17.0. The number of hydrogen-bond acceptors (Lipinski definition) is 5. The molecule has 0 atom stereocenters. The lowest BCUT2D eigenvalue weighted by Gasteiger charge is -2.35. The van der Waals surface area contributed by atoms with Crippen LogP contribution in [0.1, 0.15) is 43.6 Å². The number of benzene rings is 1. The Labute approximate surface area is 170 Å². The molecule has 29 heavy (non-hydrogen) atoms. The van der Waals surface area contributed by atoms with Crippen LogP contribution in [0, 0.1) is 6.92 Å². The Morgan fingerprint density at radius 1 is 1.07 bits per heavy atom. The molecule has 0 N–H and O–H groups in total. The van der Waals surface area contributed by atoms with Crippen LogP contribution in [0.25, 0.3) is 16.7 Å². The van der Waals surface area contributed by atoms with E-state index in [1.165, 1.54) is 0 Å². The van der Waals surface area contributed by atoms with Crippen LogP contribution >= 0.6 is 0 Å². The molecule has 7 heteroatoms. The highest BCUT2D eigenvalue weighted by Crippen LogP contribution is 2.40. The fraction of sp³-hybridized carbons (Fsp3) is 0.455. The first-order valence-electron chi connectivity index (χ1n) is 10.5. The predicted molar refractivity (Wildman–Crippen MR) is 112 cm³/mol. The molecule has 3 aromatic rings. The molecule has 0 spiro atoms. The summed E-state index contributed by atoms with van der Waals surface area (Å²) in [6.45, 7) is 7.01. The summed E-state index contributed by atoms with van der Waals surface area (Å²) in [5.41, 5.74) is 2.83. The Kier molecular flexibility index (Phi) is 4.45. The maximum Gasteiger partial charge on any atom is 0.222 e. The lowest BCUT2D eigenvalue weighted by Crippen LogP contribution is -2.49. The third-order valence-electron chi connectivity index (χ3n) is 5.88. The number of rotatable bonds is 4. The number of amides is 1. The van der Waals surface area contributed by atoms with Crippen LogP contribution in [0.4, 0.5) is 5.82 Å². The largest absolute Gasteiger partial charge is 0.352 e. The first-order valence-corrected chi connectivity index (χ1v) is 10.5. The first-order chi connectivity index (χ1) is 14.2. The van der Waals surface area contributed by atoms with Gasteiger partial charge in [0, 0.05) is 38.5 Å². The zero-order valence-corrected chi connectivity index (χ0v) is 17.0. The number of para-hydroxylation sites is 1. The van der Waals surface area contributed by atoms with Crippen molar-refractivity contribution in [1.29, 1.82) is 0 Å². The summed E-state index contributed by atoms with van der Waals surface area (Å²) in [4.78, 5) is 26.3. The summed E-state index contributed by atoms with van der Waals surface area (Å²) >= 11 is 0. The number of hydrogen-bond donors (Lipinski definition) is 0. The Morgan fingerprint density at radius 2 is 1.79 bits per heavy atom. The topological polar surface area (TPSA) is 67.2 Å². The van der Waals surface area contributed by atoms with Gasteiger partial charge in [0.2, 0.25) is 5.91 Å². The van der Waals surface area contributed by atoms with Crippen LogP contribution < -0.4 is 4.90 Å². The summed E-state index contributed by atoms with van der Waals surface area (Å²) in [7, 11) is 0. The number of anilines is 1. The highest BCUT2D eigenvalue weighted by atomic mass is 16.2. The van der Waals surface area contributed by atoms with Crippen LogP contribution in [-0.2, 0) is 4.79 Å². The highest BCUT2D eigenvalue weighted by molar-refractivity contribution is 5.91. The maximum atomic E-state index is 12.1. The molecule has 1 saturated carbocycles. The molecule has 0 unspecified atom stereocenters. The smallest absolute Gasteiger partial charge is 0.222 e. The number of fused-ring (bicyclic) bond motifs is 1. The van der Waals surface area contributed by atoms with Gasteiger partial charge in [-0.05, 0) is 31.9 Å². The van der Waals surface area contributed by atoms with Gasteiger partial charge in [-0.3, -0.25) is 4.79 Å². The maximum absolute atomic E-state index is 12.1. The third kappa shape index (κ3) is 3.24. The van der Waals surface area contributed by atoms with E-state index in [1.807, 2.05) is 41.6 Å². The molecule has 150 valence electrons. The number of nitrogens with zero attached hydrogens (tertiary/aromatic N) is 6. The van der Waals surface area contributed by atoms with Crippen molar-refractivity contribution in [2.24, 2.45) is 0 Å². The zero-order chi connectivity index (χ0) is 20.0. The van der Waals surface area contributed by atoms with Gasteiger partial charge in [0.25, 0.3) is 0 Å². The highest BCUT2D eigenvalue weighted by Gasteiger charge is 2.31. The SMILES string of the molecule is CCC(=O)N1CCN(c2nc(C3CC3)nc3c2c(C)nn3-c2ccccc2)CC1. The van der Waals surface area contributed by atoms with Crippen LogP contribution in [0.2, 0.25) is 0 Å². The molecule has 1 amide bonds. The van der Waals surface area contributed by atoms with E-state index >= 15 is 0 Å². The van der Waals surface area contributed by atoms with E-state index in [0.29, 0.717) is 12.3 Å². The van der Waals surface area contributed by atoms with Gasteiger partial charge >= 0.3 is 0 Å². The van der Waals surface area contributed by atoms with Crippen molar-refractivity contribution in [2.75, 3.05) is 31.1 Å². The molecule has 3 heterocycles. The average Bonchev–Trinajstić information content (AvgIpc) is 3.57. The van der Waals surface area contributed by atoms with Crippen molar-refractivity contribution in [1.82, 2.24) is 24.6 Å². The van der Waals surface area contributed by atoms with Gasteiger partial charge < -0.3 is 9.80 Å². The second-order valence-corrected chi connectivity index (χ2v) is 7.93. The molecule has 2 aromatic heterocycles. The van der Waals surface area contributed by atoms with E-state index in [0.717, 1.165) is 73.1 Å². The van der Waals surface area contributed by atoms with Gasteiger partial charge in [0.05, 0.1) is 16.8 Å².